The maximum atomic E-state index is 4.70. The number of para-hydroxylation sites is 1. The van der Waals surface area contributed by atoms with Crippen LogP contribution in [-0.4, -0.2) is 16.0 Å². The minimum Gasteiger partial charge on any atom is -0.321 e. The van der Waals surface area contributed by atoms with Gasteiger partial charge in [0.05, 0.1) is 5.69 Å². The van der Waals surface area contributed by atoms with Gasteiger partial charge in [0.25, 0.3) is 0 Å². The molecule has 0 amide bonds. The Hall–Kier alpha value is -2.68. The molecule has 3 heteroatoms. The maximum absolute atomic E-state index is 4.70. The summed E-state index contributed by atoms with van der Waals surface area (Å²) >= 11 is 0. The van der Waals surface area contributed by atoms with E-state index in [1.165, 1.54) is 16.8 Å². The smallest absolute Gasteiger partial charge is 0.154 e. The van der Waals surface area contributed by atoms with Crippen LogP contribution in [0.5, 0.6) is 0 Å². The van der Waals surface area contributed by atoms with Gasteiger partial charge in [-0.1, -0.05) is 62.4 Å². The SMILES string of the molecule is Cc1nccnc1N1c2ccccc2C(C)C1C(C)Cc1ccccc1. The van der Waals surface area contributed by atoms with E-state index in [0.717, 1.165) is 17.9 Å². The summed E-state index contributed by atoms with van der Waals surface area (Å²) in [4.78, 5) is 11.6. The van der Waals surface area contributed by atoms with Crippen molar-refractivity contribution in [1.82, 2.24) is 9.97 Å². The van der Waals surface area contributed by atoms with Crippen LogP contribution in [0.25, 0.3) is 0 Å². The van der Waals surface area contributed by atoms with Crippen LogP contribution in [0.15, 0.2) is 67.0 Å². The van der Waals surface area contributed by atoms with Gasteiger partial charge in [-0.05, 0) is 36.5 Å². The molecule has 0 radical (unpaired) electrons. The predicted molar refractivity (Wildman–Crippen MR) is 107 cm³/mol. The molecule has 0 bridgehead atoms. The lowest BCUT2D eigenvalue weighted by atomic mass is 9.85. The van der Waals surface area contributed by atoms with Crippen molar-refractivity contribution >= 4 is 11.5 Å². The van der Waals surface area contributed by atoms with E-state index >= 15 is 0 Å². The fraction of sp³-hybridized carbons (Fsp3) is 0.304. The molecule has 3 aromatic rings. The summed E-state index contributed by atoms with van der Waals surface area (Å²) in [6.45, 7) is 6.75. The lowest BCUT2D eigenvalue weighted by Gasteiger charge is -2.34. The third-order valence-corrected chi connectivity index (χ3v) is 5.56. The fourth-order valence-electron chi connectivity index (χ4n) is 4.41. The van der Waals surface area contributed by atoms with Crippen molar-refractivity contribution in [3.63, 3.8) is 0 Å². The van der Waals surface area contributed by atoms with Gasteiger partial charge < -0.3 is 4.90 Å². The van der Waals surface area contributed by atoms with E-state index in [2.05, 4.69) is 78.3 Å². The Morgan fingerprint density at radius 2 is 1.65 bits per heavy atom. The first-order chi connectivity index (χ1) is 12.7. The van der Waals surface area contributed by atoms with Gasteiger partial charge in [-0.3, -0.25) is 4.98 Å². The molecule has 3 unspecified atom stereocenters. The first-order valence-electron chi connectivity index (χ1n) is 9.36. The Balaban J connectivity index is 1.75. The van der Waals surface area contributed by atoms with Gasteiger partial charge in [0.1, 0.15) is 0 Å². The highest BCUT2D eigenvalue weighted by Gasteiger charge is 2.40. The molecule has 2 heterocycles. The molecule has 2 aromatic carbocycles. The van der Waals surface area contributed by atoms with Gasteiger partial charge >= 0.3 is 0 Å². The quantitative estimate of drug-likeness (QED) is 0.645. The van der Waals surface area contributed by atoms with Crippen molar-refractivity contribution in [2.75, 3.05) is 4.90 Å². The van der Waals surface area contributed by atoms with Crippen molar-refractivity contribution in [1.29, 1.82) is 0 Å². The fourth-order valence-corrected chi connectivity index (χ4v) is 4.41. The van der Waals surface area contributed by atoms with Crippen LogP contribution in [0, 0.1) is 12.8 Å². The van der Waals surface area contributed by atoms with Crippen LogP contribution in [0.4, 0.5) is 11.5 Å². The average molecular weight is 343 g/mol. The number of hydrogen-bond acceptors (Lipinski definition) is 3. The third-order valence-electron chi connectivity index (χ3n) is 5.56. The van der Waals surface area contributed by atoms with Gasteiger partial charge in [-0.15, -0.1) is 0 Å². The number of aromatic nitrogens is 2. The minimum absolute atomic E-state index is 0.364. The van der Waals surface area contributed by atoms with Gasteiger partial charge in [0.15, 0.2) is 5.82 Å². The summed E-state index contributed by atoms with van der Waals surface area (Å²) in [6.07, 6.45) is 4.62. The monoisotopic (exact) mass is 343 g/mol. The van der Waals surface area contributed by atoms with Crippen LogP contribution in [0.1, 0.15) is 36.6 Å². The van der Waals surface area contributed by atoms with Crippen molar-refractivity contribution in [3.8, 4) is 0 Å². The number of benzene rings is 2. The van der Waals surface area contributed by atoms with E-state index in [1.54, 1.807) is 12.4 Å². The molecule has 4 rings (SSSR count). The van der Waals surface area contributed by atoms with Gasteiger partial charge in [0, 0.05) is 30.0 Å². The van der Waals surface area contributed by atoms with Crippen molar-refractivity contribution in [2.45, 2.75) is 39.2 Å². The highest BCUT2D eigenvalue weighted by molar-refractivity contribution is 5.71. The number of fused-ring (bicyclic) bond motifs is 1. The number of hydrogen-bond donors (Lipinski definition) is 0. The molecule has 1 aliphatic heterocycles. The highest BCUT2D eigenvalue weighted by atomic mass is 15.3. The maximum Gasteiger partial charge on any atom is 0.154 e. The Morgan fingerprint density at radius 1 is 0.962 bits per heavy atom. The van der Waals surface area contributed by atoms with Crippen molar-refractivity contribution in [2.24, 2.45) is 5.92 Å². The molecule has 26 heavy (non-hydrogen) atoms. The second kappa shape index (κ2) is 6.91. The average Bonchev–Trinajstić information content (AvgIpc) is 2.96. The molecule has 0 saturated carbocycles. The van der Waals surface area contributed by atoms with E-state index in [0.29, 0.717) is 17.9 Å². The molecular formula is C23H25N3. The molecule has 0 fully saturated rings. The van der Waals surface area contributed by atoms with E-state index in [-0.39, 0.29) is 0 Å². The summed E-state index contributed by atoms with van der Waals surface area (Å²) < 4.78 is 0. The molecule has 0 saturated heterocycles. The molecular weight excluding hydrogens is 318 g/mol. The minimum atomic E-state index is 0.364. The molecule has 1 aromatic heterocycles. The predicted octanol–water partition coefficient (Wildman–Crippen LogP) is 5.29. The Morgan fingerprint density at radius 3 is 2.42 bits per heavy atom. The highest BCUT2D eigenvalue weighted by Crippen LogP contribution is 2.47. The lowest BCUT2D eigenvalue weighted by molar-refractivity contribution is 0.416. The van der Waals surface area contributed by atoms with Gasteiger partial charge in [-0.2, -0.15) is 0 Å². The molecule has 0 N–H and O–H groups in total. The topological polar surface area (TPSA) is 29.0 Å². The Kier molecular flexibility index (Phi) is 4.46. The molecule has 132 valence electrons. The van der Waals surface area contributed by atoms with Crippen LogP contribution >= 0.6 is 0 Å². The van der Waals surface area contributed by atoms with Crippen molar-refractivity contribution < 1.29 is 0 Å². The number of nitrogens with zero attached hydrogens (tertiary/aromatic N) is 3. The Labute approximate surface area is 155 Å². The Bertz CT molecular complexity index is 891. The summed E-state index contributed by atoms with van der Waals surface area (Å²) in [7, 11) is 0. The van der Waals surface area contributed by atoms with Crippen LogP contribution in [-0.2, 0) is 6.42 Å². The summed E-state index contributed by atoms with van der Waals surface area (Å²) in [5.41, 5.74) is 5.04. The van der Waals surface area contributed by atoms with Crippen LogP contribution < -0.4 is 4.90 Å². The first-order valence-corrected chi connectivity index (χ1v) is 9.36. The second-order valence-corrected chi connectivity index (χ2v) is 7.34. The van der Waals surface area contributed by atoms with E-state index in [4.69, 9.17) is 4.98 Å². The van der Waals surface area contributed by atoms with Gasteiger partial charge in [-0.25, -0.2) is 4.98 Å². The summed E-state index contributed by atoms with van der Waals surface area (Å²) in [5.74, 6) is 1.92. The summed E-state index contributed by atoms with van der Waals surface area (Å²) in [6, 6.07) is 19.9. The van der Waals surface area contributed by atoms with Crippen LogP contribution in [0.2, 0.25) is 0 Å². The third kappa shape index (κ3) is 2.88. The zero-order valence-electron chi connectivity index (χ0n) is 15.6. The molecule has 0 spiro atoms. The second-order valence-electron chi connectivity index (χ2n) is 7.34. The standard InChI is InChI=1S/C23H25N3/c1-16(15-19-9-5-4-6-10-19)22-17(2)20-11-7-8-12-21(20)26(22)23-18(3)24-13-14-25-23/h4-14,16-17,22H,15H2,1-3H3. The van der Waals surface area contributed by atoms with Crippen LogP contribution in [0.3, 0.4) is 0 Å². The molecule has 3 nitrogen and oxygen atoms in total. The zero-order chi connectivity index (χ0) is 18.1. The number of aryl methyl sites for hydroxylation is 1. The normalized spacial score (nSPS) is 20.0. The van der Waals surface area contributed by atoms with E-state index in [9.17, 15) is 0 Å². The van der Waals surface area contributed by atoms with Gasteiger partial charge in [0.2, 0.25) is 0 Å². The largest absolute Gasteiger partial charge is 0.321 e. The first kappa shape index (κ1) is 16.8. The molecule has 0 aliphatic carbocycles. The summed E-state index contributed by atoms with van der Waals surface area (Å²) in [5, 5.41) is 0. The lowest BCUT2D eigenvalue weighted by Crippen LogP contribution is -2.37. The van der Waals surface area contributed by atoms with E-state index in [1.807, 2.05) is 6.92 Å². The van der Waals surface area contributed by atoms with Crippen molar-refractivity contribution in [3.05, 3.63) is 83.8 Å². The zero-order valence-corrected chi connectivity index (χ0v) is 15.6. The molecule has 1 aliphatic rings. The molecule has 3 atom stereocenters. The van der Waals surface area contributed by atoms with E-state index < -0.39 is 0 Å². The number of anilines is 2. The number of rotatable bonds is 4.